The van der Waals surface area contributed by atoms with Crippen molar-refractivity contribution in [1.29, 1.82) is 0 Å². The van der Waals surface area contributed by atoms with Crippen molar-refractivity contribution in [1.82, 2.24) is 9.88 Å². The van der Waals surface area contributed by atoms with Crippen LogP contribution in [-0.4, -0.2) is 28.9 Å². The molecule has 8 heteroatoms. The van der Waals surface area contributed by atoms with Crippen LogP contribution in [0.1, 0.15) is 15.9 Å². The molecule has 0 aliphatic carbocycles. The lowest BCUT2D eigenvalue weighted by Crippen LogP contribution is -2.29. The van der Waals surface area contributed by atoms with Gasteiger partial charge in [-0.15, -0.1) is 0 Å². The predicted molar refractivity (Wildman–Crippen MR) is 127 cm³/mol. The van der Waals surface area contributed by atoms with E-state index in [-0.39, 0.29) is 17.7 Å². The third kappa shape index (κ3) is 5.50. The smallest absolute Gasteiger partial charge is 0.404 e. The van der Waals surface area contributed by atoms with Crippen LogP contribution in [0.3, 0.4) is 0 Å². The van der Waals surface area contributed by atoms with Crippen molar-refractivity contribution in [3.63, 3.8) is 0 Å². The van der Waals surface area contributed by atoms with Gasteiger partial charge in [0.2, 0.25) is 11.7 Å². The zero-order chi connectivity index (χ0) is 24.9. The molecule has 0 unspecified atom stereocenters. The fourth-order valence-electron chi connectivity index (χ4n) is 3.54. The molecule has 176 valence electrons. The number of pyridine rings is 1. The molecule has 2 N–H and O–H groups in total. The molecule has 1 heterocycles. The highest BCUT2D eigenvalue weighted by Gasteiger charge is 2.20. The minimum absolute atomic E-state index is 0.167. The normalized spacial score (nSPS) is 10.6. The van der Waals surface area contributed by atoms with Crippen LogP contribution in [0.5, 0.6) is 5.75 Å². The van der Waals surface area contributed by atoms with Crippen LogP contribution in [0.2, 0.25) is 0 Å². The Labute approximate surface area is 200 Å². The Balaban J connectivity index is 1.47. The van der Waals surface area contributed by atoms with E-state index in [9.17, 15) is 18.4 Å². The van der Waals surface area contributed by atoms with Gasteiger partial charge >= 0.3 is 6.09 Å². The van der Waals surface area contributed by atoms with Crippen molar-refractivity contribution in [3.8, 4) is 28.0 Å². The Kier molecular flexibility index (Phi) is 6.82. The number of halogens is 2. The van der Waals surface area contributed by atoms with Crippen molar-refractivity contribution in [2.45, 2.75) is 6.54 Å². The van der Waals surface area contributed by atoms with Gasteiger partial charge in [0.1, 0.15) is 0 Å². The second-order valence-corrected chi connectivity index (χ2v) is 7.88. The fourth-order valence-corrected chi connectivity index (χ4v) is 3.54. The first kappa shape index (κ1) is 23.6. The van der Waals surface area contributed by atoms with Crippen molar-refractivity contribution in [2.75, 3.05) is 7.05 Å². The Morgan fingerprint density at radius 3 is 2.20 bits per heavy atom. The van der Waals surface area contributed by atoms with Gasteiger partial charge in [0.15, 0.2) is 11.6 Å². The molecule has 0 fully saturated rings. The SMILES string of the molecule is CN(Cc1cccc(-c2cccnc2)c1)C(=O)Oc1c(F)cc(-c2ccc(C(N)=O)cc2)cc1F. The van der Waals surface area contributed by atoms with Gasteiger partial charge < -0.3 is 15.4 Å². The number of rotatable bonds is 6. The Hall–Kier alpha value is -4.59. The molecule has 3 aromatic carbocycles. The van der Waals surface area contributed by atoms with Crippen LogP contribution in [-0.2, 0) is 6.54 Å². The largest absolute Gasteiger partial charge is 0.415 e. The number of benzene rings is 3. The predicted octanol–water partition coefficient (Wildman–Crippen LogP) is 5.42. The summed E-state index contributed by atoms with van der Waals surface area (Å²) < 4.78 is 34.4. The van der Waals surface area contributed by atoms with Crippen LogP contribution in [0.4, 0.5) is 13.6 Å². The highest BCUT2D eigenvalue weighted by molar-refractivity contribution is 5.93. The van der Waals surface area contributed by atoms with E-state index in [0.717, 1.165) is 28.8 Å². The van der Waals surface area contributed by atoms with E-state index in [1.54, 1.807) is 12.4 Å². The monoisotopic (exact) mass is 473 g/mol. The lowest BCUT2D eigenvalue weighted by Gasteiger charge is -2.18. The summed E-state index contributed by atoms with van der Waals surface area (Å²) in [4.78, 5) is 29.1. The molecule has 0 bridgehead atoms. The van der Waals surface area contributed by atoms with E-state index in [4.69, 9.17) is 10.5 Å². The van der Waals surface area contributed by atoms with Crippen LogP contribution in [0, 0.1) is 11.6 Å². The third-order valence-corrected chi connectivity index (χ3v) is 5.34. The summed E-state index contributed by atoms with van der Waals surface area (Å²) in [6.07, 6.45) is 2.51. The van der Waals surface area contributed by atoms with E-state index < -0.39 is 29.4 Å². The van der Waals surface area contributed by atoms with Crippen molar-refractivity contribution in [2.24, 2.45) is 5.73 Å². The number of amides is 2. The molecule has 2 amide bonds. The van der Waals surface area contributed by atoms with Crippen molar-refractivity contribution >= 4 is 12.0 Å². The molecule has 1 aromatic heterocycles. The molecule has 4 rings (SSSR count). The van der Waals surface area contributed by atoms with Crippen LogP contribution in [0.15, 0.2) is 85.2 Å². The summed E-state index contributed by atoms with van der Waals surface area (Å²) in [5, 5.41) is 0. The summed E-state index contributed by atoms with van der Waals surface area (Å²) >= 11 is 0. The molecule has 4 aromatic rings. The van der Waals surface area contributed by atoms with Gasteiger partial charge in [-0.2, -0.15) is 0 Å². The number of nitrogens with two attached hydrogens (primary N) is 1. The Morgan fingerprint density at radius 1 is 0.886 bits per heavy atom. The number of aromatic nitrogens is 1. The molecule has 0 aliphatic rings. The minimum atomic E-state index is -1.03. The Morgan fingerprint density at radius 2 is 1.57 bits per heavy atom. The van der Waals surface area contributed by atoms with Gasteiger partial charge in [0, 0.05) is 31.5 Å². The van der Waals surface area contributed by atoms with Crippen LogP contribution in [0.25, 0.3) is 22.3 Å². The maximum atomic E-state index is 14.7. The fraction of sp³-hybridized carbons (Fsp3) is 0.0741. The molecule has 0 atom stereocenters. The first-order chi connectivity index (χ1) is 16.8. The van der Waals surface area contributed by atoms with Gasteiger partial charge in [-0.25, -0.2) is 13.6 Å². The quantitative estimate of drug-likeness (QED) is 0.405. The van der Waals surface area contributed by atoms with Gasteiger partial charge in [-0.1, -0.05) is 36.4 Å². The van der Waals surface area contributed by atoms with E-state index in [0.29, 0.717) is 5.56 Å². The van der Waals surface area contributed by atoms with Gasteiger partial charge in [-0.3, -0.25) is 9.78 Å². The van der Waals surface area contributed by atoms with E-state index >= 15 is 0 Å². The highest BCUT2D eigenvalue weighted by Crippen LogP contribution is 2.30. The standard InChI is InChI=1S/C27H21F2N3O3/c1-32(16-17-4-2-5-20(12-17)21-6-3-11-31-15-21)27(34)35-25-23(28)13-22(14-24(25)29)18-7-9-19(10-8-18)26(30)33/h2-15H,16H2,1H3,(H2,30,33). The van der Waals surface area contributed by atoms with Crippen LogP contribution < -0.4 is 10.5 Å². The number of hydrogen-bond donors (Lipinski definition) is 1. The molecular weight excluding hydrogens is 452 g/mol. The van der Waals surface area contributed by atoms with Gasteiger partial charge in [0.05, 0.1) is 0 Å². The number of ether oxygens (including phenoxy) is 1. The summed E-state index contributed by atoms with van der Waals surface area (Å²) in [7, 11) is 1.48. The van der Waals surface area contributed by atoms with Gasteiger partial charge in [0.25, 0.3) is 0 Å². The van der Waals surface area contributed by atoms with E-state index in [2.05, 4.69) is 4.98 Å². The summed E-state index contributed by atoms with van der Waals surface area (Å²) in [6.45, 7) is 0.167. The number of nitrogens with zero attached hydrogens (tertiary/aromatic N) is 2. The molecule has 0 radical (unpaired) electrons. The first-order valence-corrected chi connectivity index (χ1v) is 10.6. The zero-order valence-corrected chi connectivity index (χ0v) is 18.7. The molecule has 35 heavy (non-hydrogen) atoms. The minimum Gasteiger partial charge on any atom is -0.404 e. The second kappa shape index (κ2) is 10.1. The second-order valence-electron chi connectivity index (χ2n) is 7.88. The van der Waals surface area contributed by atoms with E-state index in [1.165, 1.54) is 36.2 Å². The van der Waals surface area contributed by atoms with Crippen molar-refractivity contribution < 1.29 is 23.1 Å². The zero-order valence-electron chi connectivity index (χ0n) is 18.7. The highest BCUT2D eigenvalue weighted by atomic mass is 19.1. The molecule has 0 saturated heterocycles. The number of hydrogen-bond acceptors (Lipinski definition) is 4. The molecule has 0 saturated carbocycles. The Bertz CT molecular complexity index is 1350. The average Bonchev–Trinajstić information content (AvgIpc) is 2.86. The number of primary amides is 1. The maximum Gasteiger partial charge on any atom is 0.415 e. The number of carbonyl (C=O) groups excluding carboxylic acids is 2. The lowest BCUT2D eigenvalue weighted by atomic mass is 10.0. The maximum absolute atomic E-state index is 14.7. The topological polar surface area (TPSA) is 85.5 Å². The average molecular weight is 473 g/mol. The molecule has 0 spiro atoms. The third-order valence-electron chi connectivity index (χ3n) is 5.34. The summed E-state index contributed by atoms with van der Waals surface area (Å²) in [6, 6.07) is 19.3. The molecule has 6 nitrogen and oxygen atoms in total. The lowest BCUT2D eigenvalue weighted by molar-refractivity contribution is 0.1000. The molecule has 0 aliphatic heterocycles. The summed E-state index contributed by atoms with van der Waals surface area (Å²) in [5.41, 5.74) is 8.83. The van der Waals surface area contributed by atoms with Crippen LogP contribution >= 0.6 is 0 Å². The molecular formula is C27H21F2N3O3. The van der Waals surface area contributed by atoms with Gasteiger partial charge in [-0.05, 0) is 64.2 Å². The summed E-state index contributed by atoms with van der Waals surface area (Å²) in [5.74, 6) is -3.45. The van der Waals surface area contributed by atoms with E-state index in [1.807, 2.05) is 36.4 Å². The van der Waals surface area contributed by atoms with Crippen molar-refractivity contribution in [3.05, 3.63) is 108 Å². The first-order valence-electron chi connectivity index (χ1n) is 10.6. The number of carbonyl (C=O) groups is 2.